The van der Waals surface area contributed by atoms with Gasteiger partial charge in [-0.05, 0) is 44.4 Å². The Labute approximate surface area is 154 Å². The molecule has 25 heavy (non-hydrogen) atoms. The van der Waals surface area contributed by atoms with Crippen molar-refractivity contribution in [3.63, 3.8) is 0 Å². The van der Waals surface area contributed by atoms with Crippen LogP contribution in [0.15, 0.2) is 24.3 Å². The highest BCUT2D eigenvalue weighted by molar-refractivity contribution is 5.94. The van der Waals surface area contributed by atoms with Gasteiger partial charge in [-0.1, -0.05) is 12.1 Å². The lowest BCUT2D eigenvalue weighted by Gasteiger charge is -2.33. The van der Waals surface area contributed by atoms with Gasteiger partial charge in [-0.3, -0.25) is 9.59 Å². The van der Waals surface area contributed by atoms with Crippen molar-refractivity contribution in [2.45, 2.75) is 31.7 Å². The lowest BCUT2D eigenvalue weighted by atomic mass is 9.95. The van der Waals surface area contributed by atoms with Crippen LogP contribution in [0.25, 0.3) is 0 Å². The number of amides is 2. The summed E-state index contributed by atoms with van der Waals surface area (Å²) in [5.74, 6) is 0.794. The Bertz CT molecular complexity index is 597. The molecule has 0 radical (unpaired) electrons. The minimum Gasteiger partial charge on any atom is -0.495 e. The summed E-state index contributed by atoms with van der Waals surface area (Å²) in [5.41, 5.74) is 0.693. The Morgan fingerprint density at radius 2 is 1.92 bits per heavy atom. The molecule has 2 saturated heterocycles. The third kappa shape index (κ3) is 4.64. The first kappa shape index (κ1) is 19.5. The van der Waals surface area contributed by atoms with E-state index in [0.29, 0.717) is 37.4 Å². The van der Waals surface area contributed by atoms with E-state index >= 15 is 0 Å². The molecule has 1 atom stereocenters. The molecule has 3 rings (SSSR count). The number of ether oxygens (including phenoxy) is 1. The van der Waals surface area contributed by atoms with Gasteiger partial charge in [0.05, 0.1) is 18.8 Å². The number of piperidine rings is 1. The zero-order valence-corrected chi connectivity index (χ0v) is 15.3. The third-order valence-corrected chi connectivity index (χ3v) is 4.90. The van der Waals surface area contributed by atoms with Gasteiger partial charge in [0.1, 0.15) is 5.75 Å². The number of carbonyl (C=O) groups is 2. The maximum Gasteiger partial charge on any atom is 0.239 e. The molecule has 0 aromatic heterocycles. The number of rotatable bonds is 4. The SMILES string of the molecule is COc1ccccc1NC(=O)C1CCN(C(=O)C2CCCN2)CC1.Cl. The first-order valence-corrected chi connectivity index (χ1v) is 8.65. The summed E-state index contributed by atoms with van der Waals surface area (Å²) in [5, 5.41) is 6.20. The van der Waals surface area contributed by atoms with Crippen molar-refractivity contribution in [2.75, 3.05) is 32.1 Å². The normalized spacial score (nSPS) is 20.7. The number of hydrogen-bond donors (Lipinski definition) is 2. The topological polar surface area (TPSA) is 70.7 Å². The molecule has 0 spiro atoms. The van der Waals surface area contributed by atoms with E-state index < -0.39 is 0 Å². The first-order valence-electron chi connectivity index (χ1n) is 8.65. The van der Waals surface area contributed by atoms with Gasteiger partial charge in [0, 0.05) is 19.0 Å². The van der Waals surface area contributed by atoms with Crippen LogP contribution in [0, 0.1) is 5.92 Å². The Morgan fingerprint density at radius 1 is 1.20 bits per heavy atom. The molecule has 1 unspecified atom stereocenters. The highest BCUT2D eigenvalue weighted by atomic mass is 35.5. The maximum atomic E-state index is 12.5. The van der Waals surface area contributed by atoms with Crippen molar-refractivity contribution in [3.05, 3.63) is 24.3 Å². The molecule has 1 aromatic rings. The van der Waals surface area contributed by atoms with Gasteiger partial charge in [0.2, 0.25) is 11.8 Å². The molecule has 0 aliphatic carbocycles. The van der Waals surface area contributed by atoms with Gasteiger partial charge >= 0.3 is 0 Å². The lowest BCUT2D eigenvalue weighted by molar-refractivity contribution is -0.136. The van der Waals surface area contributed by atoms with E-state index in [1.807, 2.05) is 29.2 Å². The predicted molar refractivity (Wildman–Crippen MR) is 99.2 cm³/mol. The zero-order chi connectivity index (χ0) is 16.9. The molecule has 2 aliphatic heterocycles. The number of likely N-dealkylation sites (tertiary alicyclic amines) is 1. The van der Waals surface area contributed by atoms with Crippen molar-refractivity contribution in [3.8, 4) is 5.75 Å². The monoisotopic (exact) mass is 367 g/mol. The lowest BCUT2D eigenvalue weighted by Crippen LogP contribution is -2.48. The van der Waals surface area contributed by atoms with Crippen molar-refractivity contribution in [1.29, 1.82) is 0 Å². The molecule has 2 heterocycles. The molecule has 138 valence electrons. The molecule has 2 N–H and O–H groups in total. The number of halogens is 1. The van der Waals surface area contributed by atoms with Crippen LogP contribution in [0.3, 0.4) is 0 Å². The highest BCUT2D eigenvalue weighted by Crippen LogP contribution is 2.26. The van der Waals surface area contributed by atoms with Crippen LogP contribution in [0.5, 0.6) is 5.75 Å². The van der Waals surface area contributed by atoms with Gasteiger partial charge in [-0.2, -0.15) is 0 Å². The Balaban J connectivity index is 0.00000225. The fourth-order valence-electron chi connectivity index (χ4n) is 3.46. The summed E-state index contributed by atoms with van der Waals surface area (Å²) >= 11 is 0. The standard InChI is InChI=1S/C18H25N3O3.ClH/c1-24-16-7-3-2-5-14(16)20-17(22)13-8-11-21(12-9-13)18(23)15-6-4-10-19-15;/h2-3,5,7,13,15,19H,4,6,8-12H2,1H3,(H,20,22);1H. The average molecular weight is 368 g/mol. The summed E-state index contributed by atoms with van der Waals surface area (Å²) in [6.45, 7) is 2.23. The minimum atomic E-state index is -0.0597. The van der Waals surface area contributed by atoms with Gasteiger partial charge in [-0.15, -0.1) is 12.4 Å². The zero-order valence-electron chi connectivity index (χ0n) is 14.5. The minimum absolute atomic E-state index is 0. The van der Waals surface area contributed by atoms with Crippen LogP contribution in [-0.4, -0.2) is 49.5 Å². The number of nitrogens with one attached hydrogen (secondary N) is 2. The molecule has 2 fully saturated rings. The van der Waals surface area contributed by atoms with E-state index in [1.54, 1.807) is 7.11 Å². The number of methoxy groups -OCH3 is 1. The number of nitrogens with zero attached hydrogens (tertiary/aromatic N) is 1. The molecular weight excluding hydrogens is 342 g/mol. The number of hydrogen-bond acceptors (Lipinski definition) is 4. The number of carbonyl (C=O) groups excluding carboxylic acids is 2. The van der Waals surface area contributed by atoms with Crippen molar-refractivity contribution >= 4 is 29.9 Å². The fraction of sp³-hybridized carbons (Fsp3) is 0.556. The van der Waals surface area contributed by atoms with E-state index in [9.17, 15) is 9.59 Å². The van der Waals surface area contributed by atoms with E-state index in [2.05, 4.69) is 10.6 Å². The average Bonchev–Trinajstić information content (AvgIpc) is 3.16. The molecule has 0 saturated carbocycles. The number of para-hydroxylation sites is 2. The molecule has 2 amide bonds. The second-order valence-electron chi connectivity index (χ2n) is 6.44. The Morgan fingerprint density at radius 3 is 2.56 bits per heavy atom. The quantitative estimate of drug-likeness (QED) is 0.854. The van der Waals surface area contributed by atoms with Crippen molar-refractivity contribution in [2.24, 2.45) is 5.92 Å². The van der Waals surface area contributed by atoms with Crippen LogP contribution in [0.2, 0.25) is 0 Å². The molecular formula is C18H26ClN3O3. The Kier molecular flexibility index (Phi) is 7.08. The molecule has 7 heteroatoms. The molecule has 2 aliphatic rings. The van der Waals surface area contributed by atoms with Crippen LogP contribution >= 0.6 is 12.4 Å². The van der Waals surface area contributed by atoms with E-state index in [0.717, 1.165) is 19.4 Å². The summed E-state index contributed by atoms with van der Waals surface area (Å²) < 4.78 is 5.26. The van der Waals surface area contributed by atoms with Gasteiger partial charge in [0.15, 0.2) is 0 Å². The van der Waals surface area contributed by atoms with Crippen LogP contribution in [0.1, 0.15) is 25.7 Å². The smallest absolute Gasteiger partial charge is 0.239 e. The summed E-state index contributed by atoms with van der Waals surface area (Å²) in [6, 6.07) is 7.37. The molecule has 0 bridgehead atoms. The number of anilines is 1. The first-order chi connectivity index (χ1) is 11.7. The second-order valence-corrected chi connectivity index (χ2v) is 6.44. The van der Waals surface area contributed by atoms with E-state index in [4.69, 9.17) is 4.74 Å². The number of benzene rings is 1. The fourth-order valence-corrected chi connectivity index (χ4v) is 3.46. The Hall–Kier alpha value is -1.79. The van der Waals surface area contributed by atoms with Gasteiger partial charge < -0.3 is 20.3 Å². The molecule has 6 nitrogen and oxygen atoms in total. The van der Waals surface area contributed by atoms with E-state index in [1.165, 1.54) is 0 Å². The largest absolute Gasteiger partial charge is 0.495 e. The molecule has 1 aromatic carbocycles. The summed E-state index contributed by atoms with van der Waals surface area (Å²) in [4.78, 5) is 26.8. The third-order valence-electron chi connectivity index (χ3n) is 4.90. The van der Waals surface area contributed by atoms with Gasteiger partial charge in [0.25, 0.3) is 0 Å². The van der Waals surface area contributed by atoms with Crippen molar-refractivity contribution in [1.82, 2.24) is 10.2 Å². The van der Waals surface area contributed by atoms with E-state index in [-0.39, 0.29) is 36.2 Å². The predicted octanol–water partition coefficient (Wildman–Crippen LogP) is 2.05. The van der Waals surface area contributed by atoms with Crippen molar-refractivity contribution < 1.29 is 14.3 Å². The summed E-state index contributed by atoms with van der Waals surface area (Å²) in [7, 11) is 1.59. The van der Waals surface area contributed by atoms with Gasteiger partial charge in [-0.25, -0.2) is 0 Å². The highest BCUT2D eigenvalue weighted by Gasteiger charge is 2.32. The second kappa shape index (κ2) is 9.06. The van der Waals surface area contributed by atoms with Crippen LogP contribution < -0.4 is 15.4 Å². The van der Waals surface area contributed by atoms with Crippen LogP contribution in [-0.2, 0) is 9.59 Å². The summed E-state index contributed by atoms with van der Waals surface area (Å²) in [6.07, 6.45) is 3.40. The maximum absolute atomic E-state index is 12.5. The van der Waals surface area contributed by atoms with Crippen LogP contribution in [0.4, 0.5) is 5.69 Å².